The fourth-order valence-corrected chi connectivity index (χ4v) is 2.04. The van der Waals surface area contributed by atoms with E-state index in [4.69, 9.17) is 0 Å². The van der Waals surface area contributed by atoms with E-state index in [1.807, 2.05) is 13.8 Å². The zero-order valence-corrected chi connectivity index (χ0v) is 9.68. The second-order valence-corrected chi connectivity index (χ2v) is 4.79. The Bertz CT molecular complexity index is 440. The van der Waals surface area contributed by atoms with E-state index in [0.29, 0.717) is 5.56 Å². The minimum atomic E-state index is -0.627. The molecule has 1 aromatic rings. The Morgan fingerprint density at radius 3 is 2.29 bits per heavy atom. The molecule has 0 radical (unpaired) electrons. The van der Waals surface area contributed by atoms with Gasteiger partial charge in [0.2, 0.25) is 5.91 Å². The smallest absolute Gasteiger partial charge is 0.238 e. The van der Waals surface area contributed by atoms with E-state index in [2.05, 4.69) is 10.6 Å². The number of nitrogens with one attached hydrogen (secondary N) is 2. The highest BCUT2D eigenvalue weighted by Gasteiger charge is 2.36. The fourth-order valence-electron chi connectivity index (χ4n) is 2.04. The molecule has 0 bridgehead atoms. The van der Waals surface area contributed by atoms with Crippen LogP contribution in [0.25, 0.3) is 0 Å². The number of hydrogen-bond donors (Lipinski definition) is 2. The lowest BCUT2D eigenvalue weighted by atomic mass is 10.1. The molecule has 0 aromatic heterocycles. The average molecular weight is 240 g/mol. The largest absolute Gasteiger partial charge is 0.337 e. The maximum Gasteiger partial charge on any atom is 0.238 e. The summed E-state index contributed by atoms with van der Waals surface area (Å²) in [6.45, 7) is 3.66. The van der Waals surface area contributed by atoms with Gasteiger partial charge in [0.15, 0.2) is 0 Å². The van der Waals surface area contributed by atoms with Crippen molar-refractivity contribution in [3.05, 3.63) is 35.4 Å². The number of carbonyl (C=O) groups excluding carboxylic acids is 1. The van der Waals surface area contributed by atoms with Crippen molar-refractivity contribution >= 4 is 5.91 Å². The average Bonchev–Trinajstić information content (AvgIpc) is 2.37. The van der Waals surface area contributed by atoms with Gasteiger partial charge in [0.05, 0.1) is 11.7 Å². The van der Waals surface area contributed by atoms with Gasteiger partial charge in [0, 0.05) is 6.07 Å². The lowest BCUT2D eigenvalue weighted by molar-refractivity contribution is -0.120. The van der Waals surface area contributed by atoms with Crippen LogP contribution in [0.1, 0.15) is 19.4 Å². The summed E-state index contributed by atoms with van der Waals surface area (Å²) in [6.07, 6.45) is 0.268. The Labute approximate surface area is 98.2 Å². The molecule has 5 heteroatoms. The van der Waals surface area contributed by atoms with Crippen LogP contribution in [0.3, 0.4) is 0 Å². The molecule has 92 valence electrons. The van der Waals surface area contributed by atoms with E-state index in [9.17, 15) is 13.6 Å². The molecule has 0 unspecified atom stereocenters. The van der Waals surface area contributed by atoms with Crippen molar-refractivity contribution in [3.63, 3.8) is 0 Å². The first-order valence-electron chi connectivity index (χ1n) is 5.40. The minimum Gasteiger partial charge on any atom is -0.337 e. The van der Waals surface area contributed by atoms with Gasteiger partial charge in [-0.15, -0.1) is 0 Å². The van der Waals surface area contributed by atoms with Crippen molar-refractivity contribution in [1.29, 1.82) is 0 Å². The van der Waals surface area contributed by atoms with Crippen LogP contribution in [0.4, 0.5) is 8.78 Å². The molecule has 17 heavy (non-hydrogen) atoms. The van der Waals surface area contributed by atoms with E-state index in [1.165, 1.54) is 12.1 Å². The molecule has 1 amide bonds. The van der Waals surface area contributed by atoms with E-state index < -0.39 is 23.3 Å². The standard InChI is InChI=1S/C12H14F2N2O/c1-12(2)15-10(11(17)16-12)5-7-3-8(13)6-9(14)4-7/h3-4,6,10,15H,5H2,1-2H3,(H,16,17)/t10-/m0/s1. The van der Waals surface area contributed by atoms with Gasteiger partial charge in [-0.05, 0) is 38.0 Å². The maximum atomic E-state index is 13.0. The van der Waals surface area contributed by atoms with Crippen LogP contribution in [0.2, 0.25) is 0 Å². The van der Waals surface area contributed by atoms with Gasteiger partial charge in [-0.1, -0.05) is 0 Å². The summed E-state index contributed by atoms with van der Waals surface area (Å²) < 4.78 is 26.0. The molecule has 1 aromatic carbocycles. The van der Waals surface area contributed by atoms with E-state index in [-0.39, 0.29) is 12.3 Å². The number of benzene rings is 1. The topological polar surface area (TPSA) is 41.1 Å². The van der Waals surface area contributed by atoms with Gasteiger partial charge in [-0.25, -0.2) is 8.78 Å². The minimum absolute atomic E-state index is 0.153. The highest BCUT2D eigenvalue weighted by atomic mass is 19.1. The molecule has 0 aliphatic carbocycles. The molecule has 2 N–H and O–H groups in total. The van der Waals surface area contributed by atoms with Crippen molar-refractivity contribution in [2.45, 2.75) is 32.0 Å². The molecule has 0 spiro atoms. The molecular weight excluding hydrogens is 226 g/mol. The number of hydrogen-bond acceptors (Lipinski definition) is 2. The van der Waals surface area contributed by atoms with Crippen LogP contribution >= 0.6 is 0 Å². The summed E-state index contributed by atoms with van der Waals surface area (Å²) in [5.74, 6) is -1.41. The third kappa shape index (κ3) is 2.79. The number of halogens is 2. The molecule has 1 heterocycles. The Hall–Kier alpha value is -1.49. The van der Waals surface area contributed by atoms with Crippen molar-refractivity contribution in [1.82, 2.24) is 10.6 Å². The second kappa shape index (κ2) is 4.07. The van der Waals surface area contributed by atoms with Crippen LogP contribution in [0, 0.1) is 11.6 Å². The summed E-state index contributed by atoms with van der Waals surface area (Å²) in [5.41, 5.74) is -0.0130. The normalized spacial score (nSPS) is 22.6. The van der Waals surface area contributed by atoms with Crippen LogP contribution in [0.5, 0.6) is 0 Å². The highest BCUT2D eigenvalue weighted by Crippen LogP contribution is 2.15. The van der Waals surface area contributed by atoms with Crippen LogP contribution in [0.15, 0.2) is 18.2 Å². The van der Waals surface area contributed by atoms with Gasteiger partial charge in [0.1, 0.15) is 11.6 Å². The fraction of sp³-hybridized carbons (Fsp3) is 0.417. The molecule has 1 aliphatic rings. The van der Waals surface area contributed by atoms with Crippen molar-refractivity contribution in [2.75, 3.05) is 0 Å². The van der Waals surface area contributed by atoms with Gasteiger partial charge >= 0.3 is 0 Å². The quantitative estimate of drug-likeness (QED) is 0.819. The van der Waals surface area contributed by atoms with Crippen molar-refractivity contribution in [2.24, 2.45) is 0 Å². The molecule has 0 saturated carbocycles. The van der Waals surface area contributed by atoms with Gasteiger partial charge in [-0.3, -0.25) is 10.1 Å². The molecule has 1 saturated heterocycles. The van der Waals surface area contributed by atoms with E-state index >= 15 is 0 Å². The van der Waals surface area contributed by atoms with Gasteiger partial charge in [-0.2, -0.15) is 0 Å². The van der Waals surface area contributed by atoms with Crippen molar-refractivity contribution < 1.29 is 13.6 Å². The van der Waals surface area contributed by atoms with Crippen LogP contribution < -0.4 is 10.6 Å². The monoisotopic (exact) mass is 240 g/mol. The summed E-state index contributed by atoms with van der Waals surface area (Å²) in [6, 6.07) is 2.84. The number of rotatable bonds is 2. The Kier molecular flexibility index (Phi) is 2.87. The molecule has 2 rings (SSSR count). The van der Waals surface area contributed by atoms with Crippen LogP contribution in [-0.2, 0) is 11.2 Å². The zero-order valence-electron chi connectivity index (χ0n) is 9.68. The summed E-state index contributed by atoms with van der Waals surface area (Å²) in [4.78, 5) is 11.6. The first-order valence-corrected chi connectivity index (χ1v) is 5.40. The summed E-state index contributed by atoms with van der Waals surface area (Å²) in [7, 11) is 0. The molecule has 3 nitrogen and oxygen atoms in total. The number of carbonyl (C=O) groups is 1. The Morgan fingerprint density at radius 1 is 1.24 bits per heavy atom. The zero-order chi connectivity index (χ0) is 12.6. The predicted octanol–water partition coefficient (Wildman–Crippen LogP) is 1.33. The molecule has 1 aliphatic heterocycles. The second-order valence-electron chi connectivity index (χ2n) is 4.79. The Morgan fingerprint density at radius 2 is 1.82 bits per heavy atom. The Balaban J connectivity index is 2.14. The lowest BCUT2D eigenvalue weighted by Gasteiger charge is -2.18. The lowest BCUT2D eigenvalue weighted by Crippen LogP contribution is -2.44. The summed E-state index contributed by atoms with van der Waals surface area (Å²) in [5, 5.41) is 5.82. The van der Waals surface area contributed by atoms with E-state index in [0.717, 1.165) is 6.07 Å². The molecule has 1 atom stereocenters. The van der Waals surface area contributed by atoms with Crippen LogP contribution in [-0.4, -0.2) is 17.6 Å². The van der Waals surface area contributed by atoms with Crippen molar-refractivity contribution in [3.8, 4) is 0 Å². The molecular formula is C12H14F2N2O. The first kappa shape index (κ1) is 12.0. The SMILES string of the molecule is CC1(C)NC(=O)[C@H](Cc2cc(F)cc(F)c2)N1. The number of amides is 1. The highest BCUT2D eigenvalue weighted by molar-refractivity contribution is 5.85. The predicted molar refractivity (Wildman–Crippen MR) is 59.2 cm³/mol. The van der Waals surface area contributed by atoms with E-state index in [1.54, 1.807) is 0 Å². The third-order valence-corrected chi connectivity index (χ3v) is 2.65. The summed E-state index contributed by atoms with van der Waals surface area (Å²) >= 11 is 0. The maximum absolute atomic E-state index is 13.0. The first-order chi connectivity index (χ1) is 7.85. The van der Waals surface area contributed by atoms with Gasteiger partial charge < -0.3 is 5.32 Å². The third-order valence-electron chi connectivity index (χ3n) is 2.65. The molecule has 1 fully saturated rings. The van der Waals surface area contributed by atoms with Gasteiger partial charge in [0.25, 0.3) is 0 Å².